The van der Waals surface area contributed by atoms with Gasteiger partial charge in [-0.1, -0.05) is 30.3 Å². The van der Waals surface area contributed by atoms with Gasteiger partial charge in [-0.2, -0.15) is 0 Å². The summed E-state index contributed by atoms with van der Waals surface area (Å²) < 4.78 is 0. The predicted octanol–water partition coefficient (Wildman–Crippen LogP) is 4.35. The van der Waals surface area contributed by atoms with Crippen molar-refractivity contribution in [2.45, 2.75) is 45.2 Å². The molecular weight excluding hydrogens is 468 g/mol. The summed E-state index contributed by atoms with van der Waals surface area (Å²) in [7, 11) is 4.52. The van der Waals surface area contributed by atoms with Gasteiger partial charge in [0.25, 0.3) is 5.91 Å². The predicted molar refractivity (Wildman–Crippen MR) is 149 cm³/mol. The standard InChI is InChI=1S/C28H38N6OS/c1-19(2)31-27(35)25-23(21-8-6-5-7-9-21)24-26(29-18-30-28(24)36-25)34-14-10-20(11-15-34)16-33(4)22-12-13-32(3)17-22/h5-9,18-20,22H,10-17H2,1-4H3,(H,31,35). The Morgan fingerprint density at radius 1 is 1.14 bits per heavy atom. The lowest BCUT2D eigenvalue weighted by molar-refractivity contribution is 0.0948. The number of nitrogens with zero attached hydrogens (tertiary/aromatic N) is 5. The number of hydrogen-bond acceptors (Lipinski definition) is 7. The molecule has 8 heteroatoms. The lowest BCUT2D eigenvalue weighted by Crippen LogP contribution is -2.42. The maximum atomic E-state index is 13.2. The Balaban J connectivity index is 1.40. The largest absolute Gasteiger partial charge is 0.356 e. The summed E-state index contributed by atoms with van der Waals surface area (Å²) in [6, 6.07) is 11.0. The zero-order chi connectivity index (χ0) is 25.2. The summed E-state index contributed by atoms with van der Waals surface area (Å²) in [5.41, 5.74) is 1.99. The van der Waals surface area contributed by atoms with Gasteiger partial charge in [0.05, 0.1) is 5.39 Å². The molecule has 0 radical (unpaired) electrons. The van der Waals surface area contributed by atoms with E-state index >= 15 is 0 Å². The van der Waals surface area contributed by atoms with Gasteiger partial charge in [0, 0.05) is 43.8 Å². The molecule has 7 nitrogen and oxygen atoms in total. The maximum Gasteiger partial charge on any atom is 0.262 e. The second kappa shape index (κ2) is 10.8. The van der Waals surface area contributed by atoms with Gasteiger partial charge >= 0.3 is 0 Å². The molecule has 0 spiro atoms. The van der Waals surface area contributed by atoms with Gasteiger partial charge in [-0.25, -0.2) is 9.97 Å². The average molecular weight is 507 g/mol. The third kappa shape index (κ3) is 5.26. The van der Waals surface area contributed by atoms with E-state index in [4.69, 9.17) is 4.98 Å². The number of fused-ring (bicyclic) bond motifs is 1. The van der Waals surface area contributed by atoms with Crippen LogP contribution in [0.5, 0.6) is 0 Å². The van der Waals surface area contributed by atoms with Gasteiger partial charge in [0.15, 0.2) is 0 Å². The SMILES string of the molecule is CC(C)NC(=O)c1sc2ncnc(N3CCC(CN(C)C4CCN(C)C4)CC3)c2c1-c1ccccc1. The minimum Gasteiger partial charge on any atom is -0.356 e. The molecule has 4 heterocycles. The van der Waals surface area contributed by atoms with E-state index < -0.39 is 0 Å². The first-order valence-electron chi connectivity index (χ1n) is 13.2. The van der Waals surface area contributed by atoms with E-state index in [1.807, 2.05) is 32.0 Å². The van der Waals surface area contributed by atoms with Crippen LogP contribution in [0.2, 0.25) is 0 Å². The van der Waals surface area contributed by atoms with Crippen LogP contribution in [0.25, 0.3) is 21.3 Å². The summed E-state index contributed by atoms with van der Waals surface area (Å²) >= 11 is 1.47. The molecule has 1 aromatic carbocycles. The van der Waals surface area contributed by atoms with E-state index in [1.54, 1.807) is 6.33 Å². The smallest absolute Gasteiger partial charge is 0.262 e. The fourth-order valence-electron chi connectivity index (χ4n) is 5.68. The Hall–Kier alpha value is -2.55. The number of piperidine rings is 1. The number of rotatable bonds is 7. The van der Waals surface area contributed by atoms with Gasteiger partial charge in [0.2, 0.25) is 0 Å². The van der Waals surface area contributed by atoms with E-state index in [1.165, 1.54) is 37.4 Å². The van der Waals surface area contributed by atoms with Gasteiger partial charge in [-0.15, -0.1) is 11.3 Å². The molecule has 36 heavy (non-hydrogen) atoms. The van der Waals surface area contributed by atoms with Crippen LogP contribution in [-0.4, -0.2) is 84.6 Å². The fraction of sp³-hybridized carbons (Fsp3) is 0.536. The summed E-state index contributed by atoms with van der Waals surface area (Å²) in [6.45, 7) is 9.49. The second-order valence-electron chi connectivity index (χ2n) is 10.8. The second-order valence-corrected chi connectivity index (χ2v) is 11.8. The first kappa shape index (κ1) is 25.1. The molecule has 2 aliphatic heterocycles. The molecule has 2 aromatic heterocycles. The normalized spacial score (nSPS) is 19.6. The molecule has 1 unspecified atom stereocenters. The molecule has 2 saturated heterocycles. The van der Waals surface area contributed by atoms with Gasteiger partial charge in [-0.05, 0) is 65.2 Å². The Morgan fingerprint density at radius 2 is 1.89 bits per heavy atom. The highest BCUT2D eigenvalue weighted by atomic mass is 32.1. The number of carbonyl (C=O) groups is 1. The number of likely N-dealkylation sites (N-methyl/N-ethyl adjacent to an activating group) is 2. The van der Waals surface area contributed by atoms with Crippen LogP contribution in [-0.2, 0) is 0 Å². The number of benzene rings is 1. The molecular formula is C28H38N6OS. The van der Waals surface area contributed by atoms with Crippen molar-refractivity contribution in [1.82, 2.24) is 25.1 Å². The van der Waals surface area contributed by atoms with Crippen LogP contribution in [0, 0.1) is 5.92 Å². The number of hydrogen-bond donors (Lipinski definition) is 1. The van der Waals surface area contributed by atoms with Crippen LogP contribution >= 0.6 is 11.3 Å². The third-order valence-corrected chi connectivity index (χ3v) is 8.70. The lowest BCUT2D eigenvalue weighted by Gasteiger charge is -2.36. The number of aromatic nitrogens is 2. The first-order valence-corrected chi connectivity index (χ1v) is 14.0. The zero-order valence-electron chi connectivity index (χ0n) is 21.9. The van der Waals surface area contributed by atoms with E-state index in [0.29, 0.717) is 16.8 Å². The number of thiophene rings is 1. The van der Waals surface area contributed by atoms with Crippen LogP contribution in [0.15, 0.2) is 36.7 Å². The molecule has 2 aliphatic rings. The van der Waals surface area contributed by atoms with Crippen molar-refractivity contribution >= 4 is 33.3 Å². The van der Waals surface area contributed by atoms with Crippen molar-refractivity contribution in [3.05, 3.63) is 41.5 Å². The lowest BCUT2D eigenvalue weighted by atomic mass is 9.95. The van der Waals surface area contributed by atoms with Gasteiger partial charge < -0.3 is 20.0 Å². The van der Waals surface area contributed by atoms with Gasteiger partial charge in [0.1, 0.15) is 21.9 Å². The molecule has 2 fully saturated rings. The minimum atomic E-state index is -0.0443. The Kier molecular flexibility index (Phi) is 7.55. The molecule has 3 aromatic rings. The molecule has 192 valence electrons. The molecule has 0 bridgehead atoms. The Bertz CT molecular complexity index is 1190. The summed E-state index contributed by atoms with van der Waals surface area (Å²) in [5.74, 6) is 1.62. The third-order valence-electron chi connectivity index (χ3n) is 7.61. The molecule has 1 amide bonds. The van der Waals surface area contributed by atoms with E-state index in [0.717, 1.165) is 53.1 Å². The van der Waals surface area contributed by atoms with Crippen molar-refractivity contribution < 1.29 is 4.79 Å². The summed E-state index contributed by atoms with van der Waals surface area (Å²) in [5, 5.41) is 4.09. The summed E-state index contributed by atoms with van der Waals surface area (Å²) in [6.07, 6.45) is 5.25. The average Bonchev–Trinajstić information content (AvgIpc) is 3.48. The molecule has 0 saturated carbocycles. The highest BCUT2D eigenvalue weighted by Gasteiger charge is 2.30. The van der Waals surface area contributed by atoms with E-state index in [9.17, 15) is 4.79 Å². The van der Waals surface area contributed by atoms with Crippen molar-refractivity contribution in [2.75, 3.05) is 51.7 Å². The van der Waals surface area contributed by atoms with Crippen LogP contribution in [0.3, 0.4) is 0 Å². The van der Waals surface area contributed by atoms with Crippen LogP contribution in [0.1, 0.15) is 42.8 Å². The number of amides is 1. The molecule has 1 N–H and O–H groups in total. The van der Waals surface area contributed by atoms with Crippen molar-refractivity contribution in [1.29, 1.82) is 0 Å². The maximum absolute atomic E-state index is 13.2. The highest BCUT2D eigenvalue weighted by Crippen LogP contribution is 2.42. The van der Waals surface area contributed by atoms with Crippen molar-refractivity contribution in [3.8, 4) is 11.1 Å². The van der Waals surface area contributed by atoms with E-state index in [2.05, 4.69) is 51.2 Å². The quantitative estimate of drug-likeness (QED) is 0.514. The van der Waals surface area contributed by atoms with Crippen LogP contribution in [0.4, 0.5) is 5.82 Å². The Morgan fingerprint density at radius 3 is 2.56 bits per heavy atom. The fourth-order valence-corrected chi connectivity index (χ4v) is 6.74. The van der Waals surface area contributed by atoms with Crippen molar-refractivity contribution in [3.63, 3.8) is 0 Å². The zero-order valence-corrected chi connectivity index (χ0v) is 22.7. The first-order chi connectivity index (χ1) is 17.4. The number of anilines is 1. The van der Waals surface area contributed by atoms with Gasteiger partial charge in [-0.3, -0.25) is 4.79 Å². The molecule has 0 aliphatic carbocycles. The van der Waals surface area contributed by atoms with E-state index in [-0.39, 0.29) is 11.9 Å². The monoisotopic (exact) mass is 506 g/mol. The highest BCUT2D eigenvalue weighted by molar-refractivity contribution is 7.21. The topological polar surface area (TPSA) is 64.6 Å². The van der Waals surface area contributed by atoms with Crippen LogP contribution < -0.4 is 10.2 Å². The number of likely N-dealkylation sites (tertiary alicyclic amines) is 1. The Labute approximate surface area is 218 Å². The molecule has 1 atom stereocenters. The number of carbonyl (C=O) groups excluding carboxylic acids is 1. The van der Waals surface area contributed by atoms with Crippen molar-refractivity contribution in [2.24, 2.45) is 5.92 Å². The summed E-state index contributed by atoms with van der Waals surface area (Å²) in [4.78, 5) is 31.6. The molecule has 5 rings (SSSR count). The minimum absolute atomic E-state index is 0.0443. The number of nitrogens with one attached hydrogen (secondary N) is 1.